The van der Waals surface area contributed by atoms with E-state index in [4.69, 9.17) is 24.2 Å². The molecule has 0 spiro atoms. The third kappa shape index (κ3) is 7.96. The van der Waals surface area contributed by atoms with Crippen molar-refractivity contribution in [1.82, 2.24) is 40.4 Å². The Balaban J connectivity index is 0.903. The first-order valence-corrected chi connectivity index (χ1v) is 20.7. The van der Waals surface area contributed by atoms with Crippen molar-refractivity contribution < 1.29 is 33.4 Å². The molecule has 316 valence electrons. The van der Waals surface area contributed by atoms with E-state index < -0.39 is 24.3 Å². The van der Waals surface area contributed by atoms with Gasteiger partial charge in [0.05, 0.1) is 50.1 Å². The van der Waals surface area contributed by atoms with Gasteiger partial charge < -0.3 is 44.6 Å². The normalized spacial score (nSPS) is 17.6. The Hall–Kier alpha value is -7.42. The van der Waals surface area contributed by atoms with Crippen molar-refractivity contribution in [3.05, 3.63) is 143 Å². The van der Waals surface area contributed by atoms with Gasteiger partial charge in [-0.25, -0.2) is 19.6 Å². The van der Waals surface area contributed by atoms with Crippen molar-refractivity contribution in [2.45, 2.75) is 56.3 Å². The lowest BCUT2D eigenvalue weighted by atomic mass is 9.96. The van der Waals surface area contributed by atoms with Gasteiger partial charge in [-0.1, -0.05) is 60.7 Å². The summed E-state index contributed by atoms with van der Waals surface area (Å²) in [4.78, 5) is 72.6. The quantitative estimate of drug-likeness (QED) is 0.107. The van der Waals surface area contributed by atoms with E-state index in [-0.39, 0.29) is 23.9 Å². The number of H-pyrrole nitrogens is 2. The molecule has 4 aromatic carbocycles. The Morgan fingerprint density at radius 3 is 1.50 bits per heavy atom. The Morgan fingerprint density at radius 2 is 1.08 bits per heavy atom. The molecule has 0 saturated carbocycles. The van der Waals surface area contributed by atoms with E-state index in [0.717, 1.165) is 70.8 Å². The maximum Gasteiger partial charge on any atom is 0.407 e. The molecule has 15 nitrogen and oxygen atoms in total. The zero-order valence-corrected chi connectivity index (χ0v) is 34.3. The number of carbonyl (C=O) groups is 4. The first-order chi connectivity index (χ1) is 30.3. The van der Waals surface area contributed by atoms with Gasteiger partial charge in [-0.15, -0.1) is 0 Å². The van der Waals surface area contributed by atoms with Gasteiger partial charge in [0.25, 0.3) is 11.8 Å². The molecule has 2 saturated heterocycles. The van der Waals surface area contributed by atoms with Crippen LogP contribution in [0.3, 0.4) is 0 Å². The van der Waals surface area contributed by atoms with Gasteiger partial charge in [-0.05, 0) is 84.3 Å². The second kappa shape index (κ2) is 17.3. The molecule has 0 aliphatic carbocycles. The van der Waals surface area contributed by atoms with Crippen LogP contribution in [0.1, 0.15) is 83.8 Å². The maximum atomic E-state index is 14.0. The van der Waals surface area contributed by atoms with Gasteiger partial charge in [-0.2, -0.15) is 0 Å². The van der Waals surface area contributed by atoms with Gasteiger partial charge in [0.15, 0.2) is 0 Å². The molecule has 6 aromatic rings. The average molecular weight is 835 g/mol. The second-order valence-electron chi connectivity index (χ2n) is 15.6. The molecule has 0 bridgehead atoms. The number of imidazole rings is 2. The summed E-state index contributed by atoms with van der Waals surface area (Å²) in [5.74, 6) is 2.45. The van der Waals surface area contributed by atoms with Gasteiger partial charge in [0.1, 0.15) is 35.2 Å². The summed E-state index contributed by atoms with van der Waals surface area (Å²) in [6.07, 6.45) is 5.92. The van der Waals surface area contributed by atoms with E-state index in [1.54, 1.807) is 22.2 Å². The summed E-state index contributed by atoms with van der Waals surface area (Å²) >= 11 is 0. The van der Waals surface area contributed by atoms with Crippen molar-refractivity contribution in [1.29, 1.82) is 0 Å². The van der Waals surface area contributed by atoms with Crippen LogP contribution in [0.2, 0.25) is 0 Å². The van der Waals surface area contributed by atoms with Crippen LogP contribution in [0.25, 0.3) is 22.5 Å². The predicted molar refractivity (Wildman–Crippen MR) is 228 cm³/mol. The van der Waals surface area contributed by atoms with Crippen LogP contribution in [-0.4, -0.2) is 81.0 Å². The fourth-order valence-corrected chi connectivity index (χ4v) is 8.78. The van der Waals surface area contributed by atoms with Crippen molar-refractivity contribution in [3.63, 3.8) is 0 Å². The molecule has 0 radical (unpaired) electrons. The van der Waals surface area contributed by atoms with Crippen LogP contribution in [0.15, 0.2) is 109 Å². The number of ether oxygens (including phenoxy) is 3. The van der Waals surface area contributed by atoms with Gasteiger partial charge in [-0.3, -0.25) is 9.59 Å². The van der Waals surface area contributed by atoms with E-state index in [1.807, 2.05) is 84.9 Å². The van der Waals surface area contributed by atoms with Crippen LogP contribution >= 0.6 is 0 Å². The highest BCUT2D eigenvalue weighted by Crippen LogP contribution is 2.41. The molecule has 4 N–H and O–H groups in total. The van der Waals surface area contributed by atoms with Gasteiger partial charge >= 0.3 is 12.2 Å². The number of methoxy groups -OCH3 is 2. The number of aromatic amines is 2. The summed E-state index contributed by atoms with van der Waals surface area (Å²) in [5, 5.41) is 5.43. The Kier molecular flexibility index (Phi) is 11.2. The molecule has 4 atom stereocenters. The Bertz CT molecular complexity index is 2430. The minimum absolute atomic E-state index is 0.227. The molecule has 2 aromatic heterocycles. The SMILES string of the molecule is COC(=O)N[C@@H](C(=O)N1CCC[C@H]1c1ncc(-c2ccc3c(c2)Cc2cc(-c4cnc([C@@H]5CCCN5C(=O)[C@H](NC(=O)OC)c5ccccc5)[nH]4)ccc2O3)[nH]1)c1ccccc1. The minimum Gasteiger partial charge on any atom is -0.457 e. The molecular weight excluding hydrogens is 789 g/mol. The lowest BCUT2D eigenvalue weighted by molar-refractivity contribution is -0.135. The minimum atomic E-state index is -0.900. The van der Waals surface area contributed by atoms with Crippen molar-refractivity contribution in [2.75, 3.05) is 27.3 Å². The average Bonchev–Trinajstić information content (AvgIpc) is 4.16. The number of rotatable bonds is 10. The summed E-state index contributed by atoms with van der Waals surface area (Å²) < 4.78 is 16.1. The van der Waals surface area contributed by atoms with E-state index in [9.17, 15) is 19.2 Å². The number of alkyl carbamates (subject to hydrolysis) is 2. The van der Waals surface area contributed by atoms with Crippen LogP contribution in [0, 0.1) is 0 Å². The standard InChI is InChI=1S/C47H46N8O7/c1-60-46(58)52-40(28-11-5-3-6-12-28)44(56)54-21-9-15-36(54)42-48-26-34(50-42)30-17-19-38-32(23-30)25-33-24-31(18-20-39(33)62-38)35-27-49-43(51-35)37-16-10-22-55(37)45(57)41(53-47(59)61-2)29-13-7-4-8-14-29/h3-8,11-14,17-20,23-24,26-27,36-37,40-41H,9-10,15-16,21-22,25H2,1-2H3,(H,48,50)(H,49,51)(H,52,58)(H,53,59)/t36-,37-,40+,41+/m0/s1. The molecular formula is C47H46N8O7. The topological polar surface area (TPSA) is 184 Å². The Labute approximate surface area is 357 Å². The number of nitrogens with one attached hydrogen (secondary N) is 4. The molecule has 62 heavy (non-hydrogen) atoms. The van der Waals surface area contributed by atoms with E-state index >= 15 is 0 Å². The second-order valence-corrected chi connectivity index (χ2v) is 15.6. The molecule has 5 heterocycles. The van der Waals surface area contributed by atoms with Crippen LogP contribution < -0.4 is 15.4 Å². The van der Waals surface area contributed by atoms with Crippen molar-refractivity contribution in [2.24, 2.45) is 0 Å². The number of amides is 4. The van der Waals surface area contributed by atoms with E-state index in [0.29, 0.717) is 42.3 Å². The van der Waals surface area contributed by atoms with Gasteiger partial charge in [0.2, 0.25) is 0 Å². The number of aromatic nitrogens is 4. The lowest BCUT2D eigenvalue weighted by Crippen LogP contribution is -2.42. The molecule has 15 heteroatoms. The molecule has 3 aliphatic heterocycles. The highest BCUT2D eigenvalue weighted by atomic mass is 16.5. The fourth-order valence-electron chi connectivity index (χ4n) is 8.78. The number of hydrogen-bond donors (Lipinski definition) is 4. The molecule has 0 unspecified atom stereocenters. The fraction of sp³-hybridized carbons (Fsp3) is 0.277. The van der Waals surface area contributed by atoms with Crippen molar-refractivity contribution in [3.8, 4) is 34.0 Å². The summed E-state index contributed by atoms with van der Waals surface area (Å²) in [6.45, 7) is 1.07. The zero-order valence-electron chi connectivity index (χ0n) is 34.3. The number of hydrogen-bond acceptors (Lipinski definition) is 9. The molecule has 9 rings (SSSR count). The number of nitrogens with zero attached hydrogens (tertiary/aromatic N) is 4. The first-order valence-electron chi connectivity index (χ1n) is 20.7. The molecule has 2 fully saturated rings. The highest BCUT2D eigenvalue weighted by Gasteiger charge is 2.39. The summed E-state index contributed by atoms with van der Waals surface area (Å²) in [7, 11) is 2.55. The van der Waals surface area contributed by atoms with Crippen molar-refractivity contribution >= 4 is 24.0 Å². The van der Waals surface area contributed by atoms with E-state index in [1.165, 1.54) is 14.2 Å². The van der Waals surface area contributed by atoms with Crippen LogP contribution in [0.4, 0.5) is 9.59 Å². The summed E-state index contributed by atoms with van der Waals surface area (Å²) in [6, 6.07) is 28.1. The van der Waals surface area contributed by atoms with Gasteiger partial charge in [0, 0.05) is 30.6 Å². The predicted octanol–water partition coefficient (Wildman–Crippen LogP) is 7.68. The lowest BCUT2D eigenvalue weighted by Gasteiger charge is -2.28. The number of carbonyl (C=O) groups excluding carboxylic acids is 4. The number of likely N-dealkylation sites (tertiary alicyclic amines) is 2. The largest absolute Gasteiger partial charge is 0.457 e. The third-order valence-electron chi connectivity index (χ3n) is 11.9. The van der Waals surface area contributed by atoms with Crippen LogP contribution in [0.5, 0.6) is 11.5 Å². The first kappa shape index (κ1) is 40.0. The molecule has 4 amide bonds. The number of fused-ring (bicyclic) bond motifs is 2. The third-order valence-corrected chi connectivity index (χ3v) is 11.9. The maximum absolute atomic E-state index is 14.0. The monoisotopic (exact) mass is 834 g/mol. The summed E-state index contributed by atoms with van der Waals surface area (Å²) in [5.41, 5.74) is 6.86. The smallest absolute Gasteiger partial charge is 0.407 e. The Morgan fingerprint density at radius 1 is 0.645 bits per heavy atom. The molecule has 3 aliphatic rings. The number of benzene rings is 4. The van der Waals surface area contributed by atoms with E-state index in [2.05, 4.69) is 32.7 Å². The highest BCUT2D eigenvalue weighted by molar-refractivity contribution is 5.88. The van der Waals surface area contributed by atoms with Crippen LogP contribution in [-0.2, 0) is 25.5 Å². The zero-order chi connectivity index (χ0) is 42.7.